The third-order valence-corrected chi connectivity index (χ3v) is 4.80. The van der Waals surface area contributed by atoms with Crippen molar-refractivity contribution in [2.45, 2.75) is 19.4 Å². The minimum absolute atomic E-state index is 0.475. The van der Waals surface area contributed by atoms with Crippen LogP contribution >= 0.6 is 11.6 Å². The summed E-state index contributed by atoms with van der Waals surface area (Å²) in [5.41, 5.74) is 1.16. The molecule has 2 rings (SSSR count). The van der Waals surface area contributed by atoms with Gasteiger partial charge in [-0.1, -0.05) is 29.8 Å². The van der Waals surface area contributed by atoms with Gasteiger partial charge in [0.2, 0.25) is 0 Å². The minimum Gasteiger partial charge on any atom is -0.357 e. The molecule has 1 fully saturated rings. The third kappa shape index (κ3) is 5.96. The molecular formula is C18H30ClN5. The van der Waals surface area contributed by atoms with Crippen molar-refractivity contribution < 1.29 is 0 Å². The van der Waals surface area contributed by atoms with Crippen molar-refractivity contribution in [1.82, 2.24) is 20.4 Å². The van der Waals surface area contributed by atoms with Crippen LogP contribution in [0.4, 0.5) is 0 Å². The summed E-state index contributed by atoms with van der Waals surface area (Å²) >= 11 is 6.21. The number of guanidine groups is 1. The number of nitrogens with one attached hydrogen (secondary N) is 2. The zero-order valence-corrected chi connectivity index (χ0v) is 15.8. The molecule has 0 aromatic heterocycles. The Morgan fingerprint density at radius 3 is 2.79 bits per heavy atom. The summed E-state index contributed by atoms with van der Waals surface area (Å²) in [5.74, 6) is 0.881. The van der Waals surface area contributed by atoms with Gasteiger partial charge in [-0.3, -0.25) is 9.89 Å². The predicted molar refractivity (Wildman–Crippen MR) is 103 cm³/mol. The fourth-order valence-electron chi connectivity index (χ4n) is 2.85. The Bertz CT molecular complexity index is 534. The fourth-order valence-corrected chi connectivity index (χ4v) is 3.08. The maximum Gasteiger partial charge on any atom is 0.191 e. The van der Waals surface area contributed by atoms with Crippen molar-refractivity contribution >= 4 is 17.6 Å². The molecule has 0 spiro atoms. The van der Waals surface area contributed by atoms with E-state index >= 15 is 0 Å². The van der Waals surface area contributed by atoms with E-state index in [1.165, 1.54) is 0 Å². The van der Waals surface area contributed by atoms with Gasteiger partial charge in [-0.25, -0.2) is 0 Å². The lowest BCUT2D eigenvalue weighted by Crippen LogP contribution is -2.51. The van der Waals surface area contributed by atoms with Crippen molar-refractivity contribution in [3.63, 3.8) is 0 Å². The molecule has 1 aromatic carbocycles. The molecule has 0 radical (unpaired) electrons. The molecule has 6 heteroatoms. The number of aliphatic imine (C=N–C) groups is 1. The molecule has 2 N–H and O–H groups in total. The predicted octanol–water partition coefficient (Wildman–Crippen LogP) is 1.68. The Morgan fingerprint density at radius 1 is 1.25 bits per heavy atom. The van der Waals surface area contributed by atoms with Gasteiger partial charge >= 0.3 is 0 Å². The van der Waals surface area contributed by atoms with E-state index in [0.29, 0.717) is 6.04 Å². The van der Waals surface area contributed by atoms with E-state index in [-0.39, 0.29) is 0 Å². The van der Waals surface area contributed by atoms with Gasteiger partial charge in [0.25, 0.3) is 0 Å². The van der Waals surface area contributed by atoms with Crippen LogP contribution < -0.4 is 10.6 Å². The number of likely N-dealkylation sites (N-methyl/N-ethyl adjacent to an activating group) is 2. The van der Waals surface area contributed by atoms with Crippen LogP contribution in [0.15, 0.2) is 29.3 Å². The average Bonchev–Trinajstić information content (AvgIpc) is 2.57. The highest BCUT2D eigenvalue weighted by Gasteiger charge is 2.21. The van der Waals surface area contributed by atoms with Crippen LogP contribution in [0.25, 0.3) is 0 Å². The van der Waals surface area contributed by atoms with Gasteiger partial charge in [-0.05, 0) is 39.1 Å². The maximum atomic E-state index is 6.21. The van der Waals surface area contributed by atoms with E-state index < -0.39 is 0 Å². The summed E-state index contributed by atoms with van der Waals surface area (Å²) in [5, 5.41) is 7.56. The molecule has 1 aromatic rings. The van der Waals surface area contributed by atoms with Crippen LogP contribution in [0.2, 0.25) is 5.02 Å². The Kier molecular flexibility index (Phi) is 7.82. The Hall–Kier alpha value is -1.30. The number of rotatable bonds is 6. The summed E-state index contributed by atoms with van der Waals surface area (Å²) in [6, 6.07) is 8.47. The van der Waals surface area contributed by atoms with Gasteiger partial charge < -0.3 is 15.5 Å². The second-order valence-electron chi connectivity index (χ2n) is 6.38. The molecule has 1 aliphatic rings. The zero-order valence-electron chi connectivity index (χ0n) is 15.1. The largest absolute Gasteiger partial charge is 0.357 e. The van der Waals surface area contributed by atoms with Crippen LogP contribution in [-0.2, 0) is 6.42 Å². The SMILES string of the molecule is CCNC(=NCC1CN(C)CCN1C)NCCc1ccccc1Cl. The van der Waals surface area contributed by atoms with Crippen LogP contribution in [0.3, 0.4) is 0 Å². The van der Waals surface area contributed by atoms with E-state index in [9.17, 15) is 0 Å². The molecule has 1 heterocycles. The molecule has 0 bridgehead atoms. The second-order valence-corrected chi connectivity index (χ2v) is 6.79. The van der Waals surface area contributed by atoms with E-state index in [1.54, 1.807) is 0 Å². The van der Waals surface area contributed by atoms with E-state index in [4.69, 9.17) is 16.6 Å². The van der Waals surface area contributed by atoms with Gasteiger partial charge in [-0.2, -0.15) is 0 Å². The number of halogens is 1. The van der Waals surface area contributed by atoms with Crippen molar-refractivity contribution in [1.29, 1.82) is 0 Å². The fraction of sp³-hybridized carbons (Fsp3) is 0.611. The summed E-state index contributed by atoms with van der Waals surface area (Å²) in [6.45, 7) is 7.88. The molecule has 1 atom stereocenters. The molecule has 1 unspecified atom stereocenters. The topological polar surface area (TPSA) is 42.9 Å². The summed E-state index contributed by atoms with van der Waals surface area (Å²) in [4.78, 5) is 9.54. The van der Waals surface area contributed by atoms with Gasteiger partial charge in [0.15, 0.2) is 5.96 Å². The minimum atomic E-state index is 0.475. The number of piperazine rings is 1. The number of benzene rings is 1. The molecule has 0 aliphatic carbocycles. The molecule has 1 saturated heterocycles. The van der Waals surface area contributed by atoms with Crippen LogP contribution in [0.5, 0.6) is 0 Å². The molecule has 0 amide bonds. The summed E-state index contributed by atoms with van der Waals surface area (Å²) in [6.07, 6.45) is 0.885. The van der Waals surface area contributed by atoms with Gasteiger partial charge in [0.1, 0.15) is 0 Å². The normalized spacial score (nSPS) is 20.2. The Balaban J connectivity index is 1.85. The van der Waals surface area contributed by atoms with Crippen LogP contribution in [0.1, 0.15) is 12.5 Å². The van der Waals surface area contributed by atoms with Crippen LogP contribution in [-0.4, -0.2) is 75.2 Å². The quantitative estimate of drug-likeness (QED) is 0.604. The molecule has 0 saturated carbocycles. The first-order chi connectivity index (χ1) is 11.6. The Morgan fingerprint density at radius 2 is 2.04 bits per heavy atom. The number of nitrogens with zero attached hydrogens (tertiary/aromatic N) is 3. The molecular weight excluding hydrogens is 322 g/mol. The number of hydrogen-bond acceptors (Lipinski definition) is 3. The number of hydrogen-bond donors (Lipinski definition) is 2. The van der Waals surface area contributed by atoms with Crippen LogP contribution in [0, 0.1) is 0 Å². The van der Waals surface area contributed by atoms with Gasteiger partial charge in [0.05, 0.1) is 6.54 Å². The van der Waals surface area contributed by atoms with Crippen molar-refractivity contribution in [3.8, 4) is 0 Å². The standard InChI is InChI=1S/C18H30ClN5/c1-4-20-18(21-10-9-15-7-5-6-8-17(15)19)22-13-16-14-23(2)11-12-24(16)3/h5-8,16H,4,9-14H2,1-3H3,(H2,20,21,22). The Labute approximate surface area is 151 Å². The van der Waals surface area contributed by atoms with Crippen molar-refractivity contribution in [3.05, 3.63) is 34.9 Å². The second kappa shape index (κ2) is 9.87. The first kappa shape index (κ1) is 19.0. The summed E-state index contributed by atoms with van der Waals surface area (Å²) < 4.78 is 0. The van der Waals surface area contributed by atoms with E-state index in [2.05, 4.69) is 47.5 Å². The highest BCUT2D eigenvalue weighted by Crippen LogP contribution is 2.14. The molecule has 1 aliphatic heterocycles. The van der Waals surface area contributed by atoms with E-state index in [0.717, 1.165) is 62.2 Å². The lowest BCUT2D eigenvalue weighted by Gasteiger charge is -2.36. The molecule has 24 heavy (non-hydrogen) atoms. The average molecular weight is 352 g/mol. The van der Waals surface area contributed by atoms with E-state index in [1.807, 2.05) is 18.2 Å². The van der Waals surface area contributed by atoms with Gasteiger partial charge in [-0.15, -0.1) is 0 Å². The lowest BCUT2D eigenvalue weighted by molar-refractivity contribution is 0.119. The monoisotopic (exact) mass is 351 g/mol. The smallest absolute Gasteiger partial charge is 0.191 e. The first-order valence-corrected chi connectivity index (χ1v) is 9.12. The highest BCUT2D eigenvalue weighted by molar-refractivity contribution is 6.31. The zero-order chi connectivity index (χ0) is 17.4. The maximum absolute atomic E-state index is 6.21. The summed E-state index contributed by atoms with van der Waals surface area (Å²) in [7, 11) is 4.36. The third-order valence-electron chi connectivity index (χ3n) is 4.43. The highest BCUT2D eigenvalue weighted by atomic mass is 35.5. The molecule has 5 nitrogen and oxygen atoms in total. The lowest BCUT2D eigenvalue weighted by atomic mass is 10.1. The van der Waals surface area contributed by atoms with Crippen molar-refractivity contribution in [2.24, 2.45) is 4.99 Å². The van der Waals surface area contributed by atoms with Crippen molar-refractivity contribution in [2.75, 3.05) is 53.4 Å². The van der Waals surface area contributed by atoms with Gasteiger partial charge in [0, 0.05) is 43.8 Å². The first-order valence-electron chi connectivity index (χ1n) is 8.74. The molecule has 134 valence electrons.